The van der Waals surface area contributed by atoms with E-state index in [0.717, 1.165) is 0 Å². The molecule has 0 fully saturated rings. The number of carbonyl (C=O) groups is 1. The molecular weight excluding hydrogens is 404 g/mol. The third-order valence-corrected chi connectivity index (χ3v) is 3.35. The van der Waals surface area contributed by atoms with Crippen molar-refractivity contribution in [3.05, 3.63) is 39.7 Å². The smallest absolute Gasteiger partial charge is 0.229 e. The molecule has 110 valence electrons. The largest absolute Gasteiger partial charge is 0.493 e. The fraction of sp³-hybridized carbons (Fsp3) is 0.154. The number of benzene rings is 1. The third kappa shape index (κ3) is 4.98. The number of hydrogen-bond donors (Lipinski definition) is 2. The van der Waals surface area contributed by atoms with E-state index in [2.05, 4.69) is 47.1 Å². The Hall–Kier alpha value is -1.67. The summed E-state index contributed by atoms with van der Waals surface area (Å²) in [7, 11) is 0. The number of halogens is 2. The van der Waals surface area contributed by atoms with E-state index in [9.17, 15) is 4.79 Å². The van der Waals surface area contributed by atoms with Crippen LogP contribution in [0, 0.1) is 0 Å². The van der Waals surface area contributed by atoms with Crippen molar-refractivity contribution in [1.29, 1.82) is 0 Å². The topological polar surface area (TPSA) is 90.1 Å². The zero-order valence-electron chi connectivity index (χ0n) is 10.8. The molecule has 0 aliphatic heterocycles. The molecule has 2 aromatic rings. The van der Waals surface area contributed by atoms with Gasteiger partial charge in [0, 0.05) is 11.8 Å². The normalized spacial score (nSPS) is 10.2. The van der Waals surface area contributed by atoms with Gasteiger partial charge in [0.2, 0.25) is 5.91 Å². The van der Waals surface area contributed by atoms with E-state index in [1.165, 1.54) is 6.20 Å². The molecule has 0 atom stereocenters. The summed E-state index contributed by atoms with van der Waals surface area (Å²) in [5.41, 5.74) is 6.25. The van der Waals surface area contributed by atoms with Crippen molar-refractivity contribution in [1.82, 2.24) is 9.97 Å². The molecular formula is C13H12Br2N4O2. The van der Waals surface area contributed by atoms with Crippen LogP contribution < -0.4 is 15.8 Å². The van der Waals surface area contributed by atoms with Crippen LogP contribution in [0.2, 0.25) is 0 Å². The van der Waals surface area contributed by atoms with Gasteiger partial charge in [-0.2, -0.15) is 0 Å². The van der Waals surface area contributed by atoms with Gasteiger partial charge in [0.15, 0.2) is 5.82 Å². The van der Waals surface area contributed by atoms with Crippen molar-refractivity contribution >= 4 is 49.3 Å². The van der Waals surface area contributed by atoms with Gasteiger partial charge in [-0.25, -0.2) is 9.97 Å². The first-order valence-corrected chi connectivity index (χ1v) is 7.59. The highest BCUT2D eigenvalue weighted by Crippen LogP contribution is 2.19. The van der Waals surface area contributed by atoms with Gasteiger partial charge in [0.25, 0.3) is 0 Å². The summed E-state index contributed by atoms with van der Waals surface area (Å²) in [5, 5.41) is 2.65. The van der Waals surface area contributed by atoms with E-state index in [4.69, 9.17) is 10.5 Å². The molecule has 1 amide bonds. The highest BCUT2D eigenvalue weighted by Gasteiger charge is 2.08. The summed E-state index contributed by atoms with van der Waals surface area (Å²) >= 11 is 6.41. The molecule has 0 bridgehead atoms. The lowest BCUT2D eigenvalue weighted by atomic mass is 10.3. The van der Waals surface area contributed by atoms with E-state index in [1.54, 1.807) is 24.3 Å². The molecule has 3 N–H and O–H groups in total. The summed E-state index contributed by atoms with van der Waals surface area (Å²) in [4.78, 5) is 19.9. The Balaban J connectivity index is 1.82. The van der Waals surface area contributed by atoms with E-state index < -0.39 is 0 Å². The van der Waals surface area contributed by atoms with Gasteiger partial charge >= 0.3 is 0 Å². The Kier molecular flexibility index (Phi) is 5.51. The fourth-order valence-electron chi connectivity index (χ4n) is 1.49. The highest BCUT2D eigenvalue weighted by atomic mass is 79.9. The summed E-state index contributed by atoms with van der Waals surface area (Å²) in [6.45, 7) is 0.247. The molecule has 0 spiro atoms. The van der Waals surface area contributed by atoms with Crippen LogP contribution in [0.4, 0.5) is 11.5 Å². The molecule has 0 aliphatic carbocycles. The summed E-state index contributed by atoms with van der Waals surface area (Å²) in [6, 6.07) is 7.04. The van der Waals surface area contributed by atoms with Crippen LogP contribution in [0.1, 0.15) is 6.42 Å². The van der Waals surface area contributed by atoms with E-state index in [0.29, 0.717) is 26.5 Å². The number of ether oxygens (including phenoxy) is 1. The molecule has 1 heterocycles. The number of hydrogen-bond acceptors (Lipinski definition) is 5. The zero-order valence-corrected chi connectivity index (χ0v) is 14.0. The van der Waals surface area contributed by atoms with Gasteiger partial charge in [-0.05, 0) is 44.0 Å². The van der Waals surface area contributed by atoms with E-state index >= 15 is 0 Å². The van der Waals surface area contributed by atoms with Crippen LogP contribution in [0.15, 0.2) is 39.7 Å². The molecule has 21 heavy (non-hydrogen) atoms. The van der Waals surface area contributed by atoms with Crippen LogP contribution in [0.25, 0.3) is 0 Å². The standard InChI is InChI=1S/C13H12Br2N4O2/c14-10-7-17-13(12(15)18-10)19-11(20)4-5-21-9-3-1-2-8(16)6-9/h1-3,6-7H,4-5,16H2,(H,17,19,20). The van der Waals surface area contributed by atoms with Gasteiger partial charge in [-0.15, -0.1) is 0 Å². The predicted molar refractivity (Wildman–Crippen MR) is 87.0 cm³/mol. The molecule has 1 aromatic heterocycles. The molecule has 2 rings (SSSR count). The van der Waals surface area contributed by atoms with Crippen molar-refractivity contribution < 1.29 is 9.53 Å². The van der Waals surface area contributed by atoms with Gasteiger partial charge in [-0.3, -0.25) is 4.79 Å². The molecule has 0 aliphatic rings. The van der Waals surface area contributed by atoms with Crippen molar-refractivity contribution in [3.8, 4) is 5.75 Å². The van der Waals surface area contributed by atoms with Crippen molar-refractivity contribution in [3.63, 3.8) is 0 Å². The minimum absolute atomic E-state index is 0.193. The second-order valence-corrected chi connectivity index (χ2v) is 5.61. The van der Waals surface area contributed by atoms with Crippen LogP contribution >= 0.6 is 31.9 Å². The first-order chi connectivity index (χ1) is 10.0. The quantitative estimate of drug-likeness (QED) is 0.732. The average molecular weight is 416 g/mol. The number of nitrogens with two attached hydrogens (primary N) is 1. The van der Waals surface area contributed by atoms with Gasteiger partial charge < -0.3 is 15.8 Å². The van der Waals surface area contributed by atoms with Gasteiger partial charge in [0.05, 0.1) is 19.2 Å². The Labute approximate surface area is 138 Å². The van der Waals surface area contributed by atoms with Crippen molar-refractivity contribution in [2.24, 2.45) is 0 Å². The van der Waals surface area contributed by atoms with Crippen LogP contribution in [-0.2, 0) is 4.79 Å². The maximum Gasteiger partial charge on any atom is 0.229 e. The fourth-order valence-corrected chi connectivity index (χ4v) is 2.40. The number of aromatic nitrogens is 2. The molecule has 0 saturated heterocycles. The Morgan fingerprint density at radius 1 is 1.38 bits per heavy atom. The maximum atomic E-state index is 11.8. The van der Waals surface area contributed by atoms with Crippen LogP contribution in [0.5, 0.6) is 5.75 Å². The first-order valence-electron chi connectivity index (χ1n) is 6.01. The number of amides is 1. The predicted octanol–water partition coefficient (Wildman–Crippen LogP) is 2.99. The van der Waals surface area contributed by atoms with Crippen molar-refractivity contribution in [2.75, 3.05) is 17.7 Å². The maximum absolute atomic E-state index is 11.8. The summed E-state index contributed by atoms with van der Waals surface area (Å²) in [6.07, 6.45) is 1.70. The summed E-state index contributed by atoms with van der Waals surface area (Å²) < 4.78 is 6.49. The monoisotopic (exact) mass is 414 g/mol. The first kappa shape index (κ1) is 15.7. The summed E-state index contributed by atoms with van der Waals surface area (Å²) in [5.74, 6) is 0.788. The third-order valence-electron chi connectivity index (χ3n) is 2.41. The molecule has 0 radical (unpaired) electrons. The number of carbonyl (C=O) groups excluding carboxylic acids is 1. The van der Waals surface area contributed by atoms with E-state index in [-0.39, 0.29) is 18.9 Å². The molecule has 8 heteroatoms. The SMILES string of the molecule is Nc1cccc(OCCC(=O)Nc2ncc(Br)nc2Br)c1. The minimum Gasteiger partial charge on any atom is -0.493 e. The lowest BCUT2D eigenvalue weighted by molar-refractivity contribution is -0.116. The number of nitrogens with one attached hydrogen (secondary N) is 1. The Morgan fingerprint density at radius 3 is 2.90 bits per heavy atom. The lowest BCUT2D eigenvalue weighted by Crippen LogP contribution is -2.16. The van der Waals surface area contributed by atoms with Crippen LogP contribution in [-0.4, -0.2) is 22.5 Å². The van der Waals surface area contributed by atoms with Gasteiger partial charge in [0.1, 0.15) is 15.0 Å². The number of rotatable bonds is 5. The number of nitrogens with zero attached hydrogens (tertiary/aromatic N) is 2. The number of nitrogen functional groups attached to an aromatic ring is 1. The molecule has 1 aromatic carbocycles. The molecule has 0 unspecified atom stereocenters. The minimum atomic E-state index is -0.212. The second-order valence-electron chi connectivity index (χ2n) is 4.05. The highest BCUT2D eigenvalue weighted by molar-refractivity contribution is 9.11. The van der Waals surface area contributed by atoms with Crippen LogP contribution in [0.3, 0.4) is 0 Å². The Morgan fingerprint density at radius 2 is 2.19 bits per heavy atom. The number of anilines is 2. The Bertz CT molecular complexity index is 652. The zero-order chi connectivity index (χ0) is 15.2. The average Bonchev–Trinajstić information content (AvgIpc) is 2.42. The lowest BCUT2D eigenvalue weighted by Gasteiger charge is -2.08. The van der Waals surface area contributed by atoms with Gasteiger partial charge in [-0.1, -0.05) is 6.07 Å². The van der Waals surface area contributed by atoms with Crippen molar-refractivity contribution in [2.45, 2.75) is 6.42 Å². The second kappa shape index (κ2) is 7.37. The van der Waals surface area contributed by atoms with E-state index in [1.807, 2.05) is 0 Å². The molecule has 6 nitrogen and oxygen atoms in total. The molecule has 0 saturated carbocycles.